The minimum Gasteiger partial charge on any atom is -0.321 e. The monoisotopic (exact) mass is 603 g/mol. The number of rotatable bonds is 9. The molecule has 0 saturated carbocycles. The molecule has 4 amide bonds. The molecule has 2 N–H and O–H groups in total. The average Bonchev–Trinajstić information content (AvgIpc) is 3.30. The van der Waals surface area contributed by atoms with E-state index in [2.05, 4.69) is 10.6 Å². The smallest absolute Gasteiger partial charge is 0.272 e. The van der Waals surface area contributed by atoms with Crippen LogP contribution in [-0.4, -0.2) is 34.7 Å². The van der Waals surface area contributed by atoms with E-state index < -0.39 is 17.1 Å². The molecule has 4 aromatic rings. The van der Waals surface area contributed by atoms with Gasteiger partial charge in [0, 0.05) is 28.1 Å². The standard InChI is InChI=1S/C35H29N3O5S/c1-22-7-6-8-24(19-22)20-30(37-33(41)26-9-4-3-5-10-26)34(42)36-27-13-17-29(18-14-27)44-31-21-32(40)38(35(31)43)28-15-11-25(12-16-28)23(2)39/h3-20,31H,21H2,1-2H3,(H,36,42)(H,37,41)/b30-20-. The third-order valence-corrected chi connectivity index (χ3v) is 8.11. The van der Waals surface area contributed by atoms with Crippen molar-refractivity contribution < 1.29 is 24.0 Å². The Kier molecular flexibility index (Phi) is 9.16. The van der Waals surface area contributed by atoms with Gasteiger partial charge >= 0.3 is 0 Å². The summed E-state index contributed by atoms with van der Waals surface area (Å²) in [6.07, 6.45) is 1.67. The molecule has 220 valence electrons. The molecule has 0 spiro atoms. The van der Waals surface area contributed by atoms with Crippen molar-refractivity contribution in [1.29, 1.82) is 0 Å². The van der Waals surface area contributed by atoms with Crippen molar-refractivity contribution in [3.63, 3.8) is 0 Å². The zero-order valence-electron chi connectivity index (χ0n) is 24.1. The van der Waals surface area contributed by atoms with E-state index >= 15 is 0 Å². The number of nitrogens with one attached hydrogen (secondary N) is 2. The lowest BCUT2D eigenvalue weighted by Crippen LogP contribution is -2.31. The molecule has 8 nitrogen and oxygen atoms in total. The van der Waals surface area contributed by atoms with Gasteiger partial charge in [-0.2, -0.15) is 0 Å². The number of hydrogen-bond acceptors (Lipinski definition) is 6. The van der Waals surface area contributed by atoms with E-state index in [1.54, 1.807) is 84.9 Å². The van der Waals surface area contributed by atoms with Crippen molar-refractivity contribution in [3.8, 4) is 0 Å². The van der Waals surface area contributed by atoms with Gasteiger partial charge in [-0.1, -0.05) is 48.0 Å². The van der Waals surface area contributed by atoms with Crippen LogP contribution in [0.1, 0.15) is 45.2 Å². The zero-order chi connectivity index (χ0) is 31.2. The first-order chi connectivity index (χ1) is 21.2. The first kappa shape index (κ1) is 30.2. The Morgan fingerprint density at radius 2 is 1.55 bits per heavy atom. The summed E-state index contributed by atoms with van der Waals surface area (Å²) in [6.45, 7) is 3.40. The van der Waals surface area contributed by atoms with Gasteiger partial charge < -0.3 is 10.6 Å². The second-order valence-electron chi connectivity index (χ2n) is 10.3. The number of aryl methyl sites for hydroxylation is 1. The summed E-state index contributed by atoms with van der Waals surface area (Å²) in [5, 5.41) is 4.95. The maximum absolute atomic E-state index is 13.3. The number of Topliss-reactive ketones (excluding diaryl/α,β-unsaturated/α-hetero) is 1. The highest BCUT2D eigenvalue weighted by Crippen LogP contribution is 2.34. The molecule has 0 radical (unpaired) electrons. The first-order valence-corrected chi connectivity index (χ1v) is 14.8. The van der Waals surface area contributed by atoms with Crippen LogP contribution in [0.3, 0.4) is 0 Å². The highest BCUT2D eigenvalue weighted by atomic mass is 32.2. The van der Waals surface area contributed by atoms with Gasteiger partial charge in [0.1, 0.15) is 5.70 Å². The number of carbonyl (C=O) groups excluding carboxylic acids is 5. The van der Waals surface area contributed by atoms with Gasteiger partial charge in [0.2, 0.25) is 11.8 Å². The molecule has 1 heterocycles. The van der Waals surface area contributed by atoms with Crippen molar-refractivity contribution in [3.05, 3.63) is 131 Å². The number of imide groups is 1. The van der Waals surface area contributed by atoms with Crippen molar-refractivity contribution in [2.75, 3.05) is 10.2 Å². The number of benzene rings is 4. The summed E-state index contributed by atoms with van der Waals surface area (Å²) in [7, 11) is 0. The van der Waals surface area contributed by atoms with Gasteiger partial charge in [-0.25, -0.2) is 4.90 Å². The molecular formula is C35H29N3O5S. The molecule has 1 aliphatic heterocycles. The number of carbonyl (C=O) groups is 5. The number of nitrogens with zero attached hydrogens (tertiary/aromatic N) is 1. The largest absolute Gasteiger partial charge is 0.321 e. The molecule has 1 aliphatic rings. The molecule has 0 aromatic heterocycles. The van der Waals surface area contributed by atoms with E-state index in [9.17, 15) is 24.0 Å². The SMILES string of the molecule is CC(=O)c1ccc(N2C(=O)CC(Sc3ccc(NC(=O)/C(=C/c4cccc(C)c4)NC(=O)c4ccccc4)cc3)C2=O)cc1. The van der Waals surface area contributed by atoms with E-state index in [4.69, 9.17) is 0 Å². The Bertz CT molecular complexity index is 1770. The van der Waals surface area contributed by atoms with Crippen LogP contribution in [0.25, 0.3) is 6.08 Å². The second kappa shape index (κ2) is 13.4. The molecule has 0 bridgehead atoms. The van der Waals surface area contributed by atoms with Crippen molar-refractivity contribution >= 4 is 58.6 Å². The van der Waals surface area contributed by atoms with E-state index in [0.717, 1.165) is 20.9 Å². The molecule has 1 atom stereocenters. The van der Waals surface area contributed by atoms with Gasteiger partial charge in [0.05, 0.1) is 10.9 Å². The molecule has 9 heteroatoms. The lowest BCUT2D eigenvalue weighted by atomic mass is 10.1. The molecule has 0 aliphatic carbocycles. The topological polar surface area (TPSA) is 113 Å². The number of hydrogen-bond donors (Lipinski definition) is 2. The summed E-state index contributed by atoms with van der Waals surface area (Å²) in [5.41, 5.74) is 3.69. The number of amides is 4. The van der Waals surface area contributed by atoms with Crippen LogP contribution in [-0.2, 0) is 14.4 Å². The minimum atomic E-state index is -0.604. The Morgan fingerprint density at radius 3 is 2.20 bits per heavy atom. The zero-order valence-corrected chi connectivity index (χ0v) is 24.9. The van der Waals surface area contributed by atoms with Crippen LogP contribution in [0, 0.1) is 6.92 Å². The van der Waals surface area contributed by atoms with Crippen molar-refractivity contribution in [1.82, 2.24) is 5.32 Å². The molecule has 5 rings (SSSR count). The van der Waals surface area contributed by atoms with Crippen LogP contribution in [0.2, 0.25) is 0 Å². The van der Waals surface area contributed by atoms with E-state index in [1.165, 1.54) is 18.7 Å². The molecule has 44 heavy (non-hydrogen) atoms. The van der Waals surface area contributed by atoms with E-state index in [0.29, 0.717) is 22.5 Å². The maximum atomic E-state index is 13.3. The predicted molar refractivity (Wildman–Crippen MR) is 171 cm³/mol. The molecule has 1 saturated heterocycles. The Morgan fingerprint density at radius 1 is 0.841 bits per heavy atom. The lowest BCUT2D eigenvalue weighted by Gasteiger charge is -2.15. The second-order valence-corrected chi connectivity index (χ2v) is 11.5. The molecule has 1 unspecified atom stereocenters. The number of ketones is 1. The van der Waals surface area contributed by atoms with Gasteiger partial charge in [-0.05, 0) is 86.2 Å². The van der Waals surface area contributed by atoms with Gasteiger partial charge in [0.25, 0.3) is 11.8 Å². The Balaban J connectivity index is 1.27. The van der Waals surface area contributed by atoms with Gasteiger partial charge in [-0.15, -0.1) is 11.8 Å². The fourth-order valence-corrected chi connectivity index (χ4v) is 5.72. The quantitative estimate of drug-likeness (QED) is 0.137. The van der Waals surface area contributed by atoms with Crippen LogP contribution in [0.15, 0.2) is 114 Å². The van der Waals surface area contributed by atoms with E-state index in [-0.39, 0.29) is 29.7 Å². The Hall–Kier alpha value is -5.28. The number of anilines is 2. The molecular weight excluding hydrogens is 574 g/mol. The normalized spacial score (nSPS) is 14.8. The van der Waals surface area contributed by atoms with Crippen LogP contribution in [0.5, 0.6) is 0 Å². The summed E-state index contributed by atoms with van der Waals surface area (Å²) >= 11 is 1.27. The fourth-order valence-electron chi connectivity index (χ4n) is 4.66. The Labute approximate surface area is 259 Å². The average molecular weight is 604 g/mol. The first-order valence-electron chi connectivity index (χ1n) is 13.9. The summed E-state index contributed by atoms with van der Waals surface area (Å²) in [4.78, 5) is 65.5. The molecule has 4 aromatic carbocycles. The van der Waals surface area contributed by atoms with E-state index in [1.807, 2.05) is 31.2 Å². The third kappa shape index (κ3) is 7.19. The predicted octanol–water partition coefficient (Wildman–Crippen LogP) is 6.03. The highest BCUT2D eigenvalue weighted by molar-refractivity contribution is 8.00. The minimum absolute atomic E-state index is 0.0463. The number of thioether (sulfide) groups is 1. The summed E-state index contributed by atoms with van der Waals surface area (Å²) < 4.78 is 0. The summed E-state index contributed by atoms with van der Waals surface area (Å²) in [6, 6.07) is 29.5. The fraction of sp³-hybridized carbons (Fsp3) is 0.114. The van der Waals surface area contributed by atoms with Crippen molar-refractivity contribution in [2.24, 2.45) is 0 Å². The van der Waals surface area contributed by atoms with Gasteiger partial charge in [0.15, 0.2) is 5.78 Å². The lowest BCUT2D eigenvalue weighted by molar-refractivity contribution is -0.121. The maximum Gasteiger partial charge on any atom is 0.272 e. The van der Waals surface area contributed by atoms with Crippen LogP contribution < -0.4 is 15.5 Å². The highest BCUT2D eigenvalue weighted by Gasteiger charge is 2.40. The van der Waals surface area contributed by atoms with Gasteiger partial charge in [-0.3, -0.25) is 24.0 Å². The molecule has 1 fully saturated rings. The van der Waals surface area contributed by atoms with Crippen molar-refractivity contribution in [2.45, 2.75) is 30.4 Å². The third-order valence-electron chi connectivity index (χ3n) is 6.91. The summed E-state index contributed by atoms with van der Waals surface area (Å²) in [5.74, 6) is -1.64. The van der Waals surface area contributed by atoms with Crippen LogP contribution >= 0.6 is 11.8 Å². The van der Waals surface area contributed by atoms with Crippen LogP contribution in [0.4, 0.5) is 11.4 Å².